The first kappa shape index (κ1) is 30.0. The summed E-state index contributed by atoms with van der Waals surface area (Å²) in [5.41, 5.74) is -7.73. The molecule has 0 atom stereocenters. The number of pyridine rings is 1. The first-order valence-corrected chi connectivity index (χ1v) is 13.1. The van der Waals surface area contributed by atoms with Crippen LogP contribution in [0.3, 0.4) is 0 Å². The molecular formula is C24H16Cl2F7N5OS. The quantitative estimate of drug-likeness (QED) is 0.162. The standard InChI is InChI=1S/C24H16Cl2F7N5OS/c1-37(21(11-34)3-4-21)20(39)15-5-12(8-35-19(15)26)13-9-36-38(10-13)18-16(25)6-14(7-17(18)40-2)22(27,23(28,29)30)24(31,32)33/h5-10H,3-4H2,1-2H3. The van der Waals surface area contributed by atoms with Gasteiger partial charge >= 0.3 is 18.0 Å². The minimum absolute atomic E-state index is 0.00159. The summed E-state index contributed by atoms with van der Waals surface area (Å²) >= 11 is 13.0. The molecule has 1 fully saturated rings. The molecule has 2 aromatic heterocycles. The first-order valence-electron chi connectivity index (χ1n) is 11.1. The summed E-state index contributed by atoms with van der Waals surface area (Å²) < 4.78 is 95.6. The van der Waals surface area contributed by atoms with Crippen LogP contribution in [0.5, 0.6) is 0 Å². The first-order chi connectivity index (χ1) is 18.5. The van der Waals surface area contributed by atoms with Crippen molar-refractivity contribution in [3.05, 3.63) is 58.1 Å². The summed E-state index contributed by atoms with van der Waals surface area (Å²) in [6, 6.07) is 4.20. The lowest BCUT2D eigenvalue weighted by atomic mass is 9.94. The maximum absolute atomic E-state index is 14.7. The Hall–Kier alpha value is -3.02. The molecule has 1 aliphatic rings. The Bertz CT molecular complexity index is 1520. The third-order valence-electron chi connectivity index (χ3n) is 6.52. The minimum atomic E-state index is -6.30. The van der Waals surface area contributed by atoms with E-state index in [1.54, 1.807) is 0 Å². The molecule has 0 unspecified atom stereocenters. The lowest BCUT2D eigenvalue weighted by Gasteiger charge is -2.31. The highest BCUT2D eigenvalue weighted by molar-refractivity contribution is 7.98. The molecule has 0 bridgehead atoms. The zero-order valence-corrected chi connectivity index (χ0v) is 22.7. The van der Waals surface area contributed by atoms with Gasteiger partial charge in [-0.15, -0.1) is 11.8 Å². The molecule has 0 N–H and O–H groups in total. The van der Waals surface area contributed by atoms with Crippen LogP contribution in [0, 0.1) is 11.3 Å². The second-order valence-corrected chi connectivity index (χ2v) is 10.5. The largest absolute Gasteiger partial charge is 0.435 e. The summed E-state index contributed by atoms with van der Waals surface area (Å²) in [7, 11) is 1.47. The highest BCUT2D eigenvalue weighted by Crippen LogP contribution is 2.54. The van der Waals surface area contributed by atoms with Gasteiger partial charge in [0, 0.05) is 41.0 Å². The van der Waals surface area contributed by atoms with Crippen molar-refractivity contribution in [3.8, 4) is 22.9 Å². The van der Waals surface area contributed by atoms with Crippen LogP contribution in [0.1, 0.15) is 28.8 Å². The van der Waals surface area contributed by atoms with Gasteiger partial charge in [0.2, 0.25) is 0 Å². The van der Waals surface area contributed by atoms with E-state index in [4.69, 9.17) is 23.2 Å². The molecule has 0 spiro atoms. The normalized spacial score (nSPS) is 15.1. The summed E-state index contributed by atoms with van der Waals surface area (Å²) in [6.45, 7) is 0. The maximum atomic E-state index is 14.7. The van der Waals surface area contributed by atoms with Crippen molar-refractivity contribution in [2.24, 2.45) is 0 Å². The molecule has 1 aromatic carbocycles. The van der Waals surface area contributed by atoms with Crippen LogP contribution in [0.2, 0.25) is 10.2 Å². The third-order valence-corrected chi connectivity index (χ3v) is 7.86. The van der Waals surface area contributed by atoms with Gasteiger partial charge in [-0.05, 0) is 37.3 Å². The van der Waals surface area contributed by atoms with Crippen LogP contribution in [-0.2, 0) is 5.67 Å². The van der Waals surface area contributed by atoms with Crippen LogP contribution in [0.15, 0.2) is 41.7 Å². The number of aromatic nitrogens is 3. The van der Waals surface area contributed by atoms with E-state index in [-0.39, 0.29) is 27.4 Å². The molecule has 0 saturated heterocycles. The predicted octanol–water partition coefficient (Wildman–Crippen LogP) is 7.38. The second kappa shape index (κ2) is 10.1. The van der Waals surface area contributed by atoms with Crippen molar-refractivity contribution in [1.29, 1.82) is 5.26 Å². The number of hydrogen-bond donors (Lipinski definition) is 0. The van der Waals surface area contributed by atoms with Crippen molar-refractivity contribution < 1.29 is 35.5 Å². The Morgan fingerprint density at radius 3 is 2.23 bits per heavy atom. The molecule has 212 valence electrons. The molecule has 6 nitrogen and oxygen atoms in total. The molecule has 1 aliphatic carbocycles. The Morgan fingerprint density at radius 2 is 1.70 bits per heavy atom. The molecule has 3 aromatic rings. The van der Waals surface area contributed by atoms with Crippen LogP contribution >= 0.6 is 35.0 Å². The summed E-state index contributed by atoms with van der Waals surface area (Å²) in [6.07, 6.45) is -6.27. The number of hydrogen-bond acceptors (Lipinski definition) is 5. The summed E-state index contributed by atoms with van der Waals surface area (Å²) in [5.74, 6) is -0.543. The van der Waals surface area contributed by atoms with E-state index in [0.717, 1.165) is 16.4 Å². The molecule has 1 amide bonds. The summed E-state index contributed by atoms with van der Waals surface area (Å²) in [4.78, 5) is 18.1. The monoisotopic (exact) mass is 625 g/mol. The summed E-state index contributed by atoms with van der Waals surface area (Å²) in [5, 5.41) is 12.8. The van der Waals surface area contributed by atoms with Gasteiger partial charge in [-0.25, -0.2) is 14.1 Å². The highest BCUT2D eigenvalue weighted by atomic mass is 35.5. The van der Waals surface area contributed by atoms with Crippen LogP contribution in [0.4, 0.5) is 30.7 Å². The lowest BCUT2D eigenvalue weighted by Crippen LogP contribution is -2.50. The van der Waals surface area contributed by atoms with Gasteiger partial charge in [0.15, 0.2) is 0 Å². The van der Waals surface area contributed by atoms with Gasteiger partial charge in [0.05, 0.1) is 28.5 Å². The number of amides is 1. The van der Waals surface area contributed by atoms with Gasteiger partial charge in [-0.2, -0.15) is 36.7 Å². The number of nitriles is 1. The maximum Gasteiger partial charge on any atom is 0.435 e. The SMILES string of the molecule is CSc1cc(C(F)(C(F)(F)F)C(F)(F)F)cc(Cl)c1-n1cc(-c2cnc(Cl)c(C(=O)N(C)C3(C#N)CC3)c2)cn1. The van der Waals surface area contributed by atoms with Crippen LogP contribution in [-0.4, -0.2) is 56.8 Å². The van der Waals surface area contributed by atoms with Gasteiger partial charge in [0.25, 0.3) is 5.91 Å². The van der Waals surface area contributed by atoms with E-state index >= 15 is 0 Å². The minimum Gasteiger partial charge on any atom is -0.323 e. The Balaban J connectivity index is 1.75. The number of benzene rings is 1. The number of thioether (sulfide) groups is 1. The third kappa shape index (κ3) is 4.88. The van der Waals surface area contributed by atoms with Gasteiger partial charge < -0.3 is 4.90 Å². The van der Waals surface area contributed by atoms with E-state index in [1.807, 2.05) is 0 Å². The van der Waals surface area contributed by atoms with Crippen molar-refractivity contribution in [2.45, 2.75) is 41.3 Å². The fourth-order valence-corrected chi connectivity index (χ4v) is 5.19. The Morgan fingerprint density at radius 1 is 1.07 bits per heavy atom. The number of nitrogens with zero attached hydrogens (tertiary/aromatic N) is 5. The molecule has 0 radical (unpaired) electrons. The van der Waals surface area contributed by atoms with E-state index in [0.29, 0.717) is 30.0 Å². The number of rotatable bonds is 6. The number of halogens is 9. The van der Waals surface area contributed by atoms with Gasteiger partial charge in [-0.1, -0.05) is 23.2 Å². The van der Waals surface area contributed by atoms with Crippen molar-refractivity contribution in [1.82, 2.24) is 19.7 Å². The average molecular weight is 626 g/mol. The van der Waals surface area contributed by atoms with E-state index < -0.39 is 40.1 Å². The average Bonchev–Trinajstić information content (AvgIpc) is 3.54. The van der Waals surface area contributed by atoms with E-state index in [9.17, 15) is 40.8 Å². The molecule has 40 heavy (non-hydrogen) atoms. The molecule has 16 heteroatoms. The van der Waals surface area contributed by atoms with E-state index in [1.165, 1.54) is 42.9 Å². The smallest absolute Gasteiger partial charge is 0.323 e. The van der Waals surface area contributed by atoms with Crippen molar-refractivity contribution in [2.75, 3.05) is 13.3 Å². The molecule has 2 heterocycles. The number of carbonyl (C=O) groups is 1. The number of carbonyl (C=O) groups excluding carboxylic acids is 1. The number of alkyl halides is 7. The van der Waals surface area contributed by atoms with Crippen molar-refractivity contribution in [3.63, 3.8) is 0 Å². The topological polar surface area (TPSA) is 74.8 Å². The Labute approximate surface area is 236 Å². The molecule has 0 aliphatic heterocycles. The van der Waals surface area contributed by atoms with Crippen LogP contribution < -0.4 is 0 Å². The highest BCUT2D eigenvalue weighted by Gasteiger charge is 2.73. The lowest BCUT2D eigenvalue weighted by molar-refractivity contribution is -0.348. The fourth-order valence-electron chi connectivity index (χ4n) is 4.00. The van der Waals surface area contributed by atoms with Crippen molar-refractivity contribution >= 4 is 40.9 Å². The molecular weight excluding hydrogens is 610 g/mol. The van der Waals surface area contributed by atoms with E-state index in [2.05, 4.69) is 16.2 Å². The zero-order valence-electron chi connectivity index (χ0n) is 20.3. The molecule has 1 saturated carbocycles. The predicted molar refractivity (Wildman–Crippen MR) is 133 cm³/mol. The molecule has 4 rings (SSSR count). The second-order valence-electron chi connectivity index (χ2n) is 8.91. The Kier molecular flexibility index (Phi) is 7.57. The van der Waals surface area contributed by atoms with Gasteiger partial charge in [-0.3, -0.25) is 4.79 Å². The zero-order chi connectivity index (χ0) is 29.8. The van der Waals surface area contributed by atoms with Gasteiger partial charge in [0.1, 0.15) is 10.7 Å². The van der Waals surface area contributed by atoms with Crippen LogP contribution in [0.25, 0.3) is 16.8 Å². The fraction of sp³-hybridized carbons (Fsp3) is 0.333.